The van der Waals surface area contributed by atoms with Crippen molar-refractivity contribution in [2.45, 2.75) is 59.2 Å². The molecule has 1 fully saturated rings. The second-order valence-electron chi connectivity index (χ2n) is 8.45. The first-order chi connectivity index (χ1) is 16.8. The number of benzene rings is 1. The lowest BCUT2D eigenvalue weighted by Gasteiger charge is -2.29. The largest absolute Gasteiger partial charge is 0.433 e. The molecule has 0 unspecified atom stereocenters. The Morgan fingerprint density at radius 2 is 1.51 bits per heavy atom. The van der Waals surface area contributed by atoms with Crippen molar-refractivity contribution in [2.75, 3.05) is 6.26 Å². The van der Waals surface area contributed by atoms with Gasteiger partial charge in [0.05, 0.1) is 21.3 Å². The summed E-state index contributed by atoms with van der Waals surface area (Å²) in [5, 5.41) is 0.227. The van der Waals surface area contributed by atoms with Crippen molar-refractivity contribution in [3.8, 4) is 0 Å². The Hall–Kier alpha value is -2.75. The summed E-state index contributed by atoms with van der Waals surface area (Å²) in [6.07, 6.45) is -9.63. The topological polar surface area (TPSA) is 110 Å². The summed E-state index contributed by atoms with van der Waals surface area (Å²) >= 11 is 0. The first-order valence-electron chi connectivity index (χ1n) is 10.5. The monoisotopic (exact) mass is 576 g/mol. The Balaban J connectivity index is 1.75. The standard InChI is InChI=1S/C21H19F7N2O5S2/c1-36(32,33)19-14(7-9-17(30-19)21(26,27)28)18(31)29-11-2-4-12(5-3-11)37(34,35)13-6-8-16(22)15(10-13)20(23,24)25/h6-12H,2-5H2,1H3,(H,29,31). The van der Waals surface area contributed by atoms with Gasteiger partial charge in [-0.25, -0.2) is 26.2 Å². The molecule has 2 aromatic rings. The van der Waals surface area contributed by atoms with Crippen molar-refractivity contribution >= 4 is 25.6 Å². The molecule has 1 aliphatic carbocycles. The molecule has 0 saturated heterocycles. The molecule has 7 nitrogen and oxygen atoms in total. The van der Waals surface area contributed by atoms with Gasteiger partial charge in [0, 0.05) is 12.3 Å². The van der Waals surface area contributed by atoms with Crippen LogP contribution >= 0.6 is 0 Å². The van der Waals surface area contributed by atoms with Gasteiger partial charge in [-0.2, -0.15) is 26.3 Å². The van der Waals surface area contributed by atoms with Gasteiger partial charge in [0.1, 0.15) is 11.5 Å². The van der Waals surface area contributed by atoms with Gasteiger partial charge in [-0.05, 0) is 56.0 Å². The van der Waals surface area contributed by atoms with Crippen molar-refractivity contribution in [2.24, 2.45) is 0 Å². The molecule has 204 valence electrons. The highest BCUT2D eigenvalue weighted by molar-refractivity contribution is 7.92. The lowest BCUT2D eigenvalue weighted by molar-refractivity contribution is -0.141. The molecular weight excluding hydrogens is 557 g/mol. The van der Waals surface area contributed by atoms with E-state index in [2.05, 4.69) is 10.3 Å². The van der Waals surface area contributed by atoms with Gasteiger partial charge in [-0.15, -0.1) is 0 Å². The summed E-state index contributed by atoms with van der Waals surface area (Å²) in [6.45, 7) is 0. The maximum atomic E-state index is 13.5. The lowest BCUT2D eigenvalue weighted by atomic mass is 9.95. The predicted molar refractivity (Wildman–Crippen MR) is 114 cm³/mol. The zero-order valence-corrected chi connectivity index (χ0v) is 20.5. The molecule has 0 radical (unpaired) electrons. The van der Waals surface area contributed by atoms with Crippen LogP contribution in [-0.4, -0.2) is 45.3 Å². The van der Waals surface area contributed by atoms with E-state index in [-0.39, 0.29) is 31.7 Å². The second kappa shape index (κ2) is 9.85. The minimum atomic E-state index is -5.10. The maximum Gasteiger partial charge on any atom is 0.433 e. The van der Waals surface area contributed by atoms with Crippen LogP contribution < -0.4 is 5.32 Å². The second-order valence-corrected chi connectivity index (χ2v) is 12.6. The number of carbonyl (C=O) groups excluding carboxylic acids is 1. The molecule has 1 aromatic heterocycles. The number of amides is 1. The highest BCUT2D eigenvalue weighted by Crippen LogP contribution is 2.35. The van der Waals surface area contributed by atoms with Crippen LogP contribution in [0, 0.1) is 5.82 Å². The van der Waals surface area contributed by atoms with Crippen molar-refractivity contribution in [3.63, 3.8) is 0 Å². The third-order valence-corrected chi connectivity index (χ3v) is 9.04. The van der Waals surface area contributed by atoms with E-state index in [4.69, 9.17) is 0 Å². The zero-order chi connectivity index (χ0) is 28.0. The molecule has 1 saturated carbocycles. The third-order valence-electron chi connectivity index (χ3n) is 5.77. The van der Waals surface area contributed by atoms with Crippen LogP contribution in [-0.2, 0) is 32.0 Å². The van der Waals surface area contributed by atoms with Gasteiger partial charge in [0.15, 0.2) is 24.7 Å². The first kappa shape index (κ1) is 28.8. The minimum Gasteiger partial charge on any atom is -0.349 e. The zero-order valence-electron chi connectivity index (χ0n) is 18.8. The minimum absolute atomic E-state index is 0.0191. The summed E-state index contributed by atoms with van der Waals surface area (Å²) in [6, 6.07) is 1.79. The van der Waals surface area contributed by atoms with Crippen LogP contribution in [0.3, 0.4) is 0 Å². The molecule has 3 rings (SSSR count). The van der Waals surface area contributed by atoms with Crippen LogP contribution in [0.5, 0.6) is 0 Å². The number of alkyl halides is 6. The van der Waals surface area contributed by atoms with Crippen LogP contribution in [0.4, 0.5) is 30.7 Å². The highest BCUT2D eigenvalue weighted by atomic mass is 32.2. The van der Waals surface area contributed by atoms with Crippen molar-refractivity contribution in [1.29, 1.82) is 0 Å². The maximum absolute atomic E-state index is 13.5. The third kappa shape index (κ3) is 6.40. The van der Waals surface area contributed by atoms with Crippen LogP contribution in [0.15, 0.2) is 40.3 Å². The fraction of sp³-hybridized carbons (Fsp3) is 0.429. The SMILES string of the molecule is CS(=O)(=O)c1nc(C(F)(F)F)ccc1C(=O)NC1CCC(S(=O)(=O)c2ccc(F)c(C(F)(F)F)c2)CC1. The van der Waals surface area contributed by atoms with Crippen molar-refractivity contribution < 1.29 is 52.4 Å². The van der Waals surface area contributed by atoms with Gasteiger partial charge < -0.3 is 5.32 Å². The van der Waals surface area contributed by atoms with Crippen LogP contribution in [0.25, 0.3) is 0 Å². The number of carbonyl (C=O) groups is 1. The smallest absolute Gasteiger partial charge is 0.349 e. The summed E-state index contributed by atoms with van der Waals surface area (Å²) in [5.41, 5.74) is -3.86. The molecule has 0 bridgehead atoms. The van der Waals surface area contributed by atoms with E-state index in [0.717, 1.165) is 6.07 Å². The predicted octanol–water partition coefficient (Wildman–Crippen LogP) is 4.18. The molecule has 16 heteroatoms. The Bertz CT molecular complexity index is 1410. The fourth-order valence-corrected chi connectivity index (χ4v) is 6.57. The number of nitrogens with one attached hydrogen (secondary N) is 1. The number of sulfone groups is 2. The molecule has 1 N–H and O–H groups in total. The molecule has 0 spiro atoms. The van der Waals surface area contributed by atoms with Gasteiger partial charge in [-0.3, -0.25) is 4.79 Å². The lowest BCUT2D eigenvalue weighted by Crippen LogP contribution is -2.40. The number of hydrogen-bond acceptors (Lipinski definition) is 6. The molecule has 37 heavy (non-hydrogen) atoms. The summed E-state index contributed by atoms with van der Waals surface area (Å²) in [7, 11) is -8.62. The van der Waals surface area contributed by atoms with E-state index < -0.39 is 81.8 Å². The highest BCUT2D eigenvalue weighted by Gasteiger charge is 2.39. The van der Waals surface area contributed by atoms with E-state index in [1.54, 1.807) is 0 Å². The fourth-order valence-electron chi connectivity index (χ4n) is 3.93. The van der Waals surface area contributed by atoms with Crippen molar-refractivity contribution in [1.82, 2.24) is 10.3 Å². The van der Waals surface area contributed by atoms with Gasteiger partial charge in [0.2, 0.25) is 0 Å². The number of aromatic nitrogens is 1. The summed E-state index contributed by atoms with van der Waals surface area (Å²) in [4.78, 5) is 15.0. The normalized spacial score (nSPS) is 19.5. The van der Waals surface area contributed by atoms with E-state index in [1.165, 1.54) is 0 Å². The summed E-state index contributed by atoms with van der Waals surface area (Å²) < 4.78 is 141. The summed E-state index contributed by atoms with van der Waals surface area (Å²) in [5.74, 6) is -2.66. The molecule has 1 heterocycles. The van der Waals surface area contributed by atoms with Gasteiger partial charge in [0.25, 0.3) is 5.91 Å². The molecule has 0 aliphatic heterocycles. The molecule has 1 aromatic carbocycles. The number of rotatable bonds is 5. The van der Waals surface area contributed by atoms with Crippen molar-refractivity contribution in [3.05, 3.63) is 53.0 Å². The Morgan fingerprint density at radius 1 is 0.919 bits per heavy atom. The number of hydrogen-bond donors (Lipinski definition) is 1. The van der Waals surface area contributed by atoms with E-state index in [9.17, 15) is 52.4 Å². The Morgan fingerprint density at radius 3 is 2.03 bits per heavy atom. The average Bonchev–Trinajstić information content (AvgIpc) is 2.77. The molecule has 0 atom stereocenters. The van der Waals surface area contributed by atoms with Gasteiger partial charge in [-0.1, -0.05) is 0 Å². The Labute approximate surface area is 206 Å². The number of halogens is 7. The van der Waals surface area contributed by atoms with Crippen LogP contribution in [0.2, 0.25) is 0 Å². The molecule has 1 amide bonds. The van der Waals surface area contributed by atoms with Gasteiger partial charge >= 0.3 is 12.4 Å². The van der Waals surface area contributed by atoms with E-state index in [1.807, 2.05) is 0 Å². The van der Waals surface area contributed by atoms with Crippen LogP contribution in [0.1, 0.15) is 47.3 Å². The Kier molecular flexibility index (Phi) is 7.67. The number of pyridine rings is 1. The molecule has 1 aliphatic rings. The van der Waals surface area contributed by atoms with E-state index in [0.29, 0.717) is 24.5 Å². The first-order valence-corrected chi connectivity index (χ1v) is 14.0. The van der Waals surface area contributed by atoms with E-state index >= 15 is 0 Å². The molecular formula is C21H19F7N2O5S2. The number of nitrogens with zero attached hydrogens (tertiary/aromatic N) is 1. The average molecular weight is 577 g/mol. The quantitative estimate of drug-likeness (QED) is 0.423.